The van der Waals surface area contributed by atoms with Crippen LogP contribution in [0.5, 0.6) is 0 Å². The molecule has 3 N–H and O–H groups in total. The van der Waals surface area contributed by atoms with E-state index in [1.54, 1.807) is 0 Å². The summed E-state index contributed by atoms with van der Waals surface area (Å²) in [6, 6.07) is -0.642. The van der Waals surface area contributed by atoms with Gasteiger partial charge < -0.3 is 10.8 Å². The number of carbonyl (C=O) groups is 1. The van der Waals surface area contributed by atoms with Crippen LogP contribution in [0, 0.1) is 0 Å². The normalized spacial score (nSPS) is 24.9. The topological polar surface area (TPSA) is 63.3 Å². The highest BCUT2D eigenvalue weighted by atomic mass is 16.4. The standard InChI is InChI=1S/C9H11NO2/c10-8(9(11)12)6-7-4-2-1-3-5-7/h1-5,8H,6,10H2,(H,11,12)/t8-/m0/s1/i2D,4D,6D2,8D/hD2. The Labute approximate surface area is 80.8 Å². The Hall–Kier alpha value is -1.35. The summed E-state index contributed by atoms with van der Waals surface area (Å²) in [7, 11) is 0. The fourth-order valence-electron chi connectivity index (χ4n) is 0.607. The number of aliphatic carboxylic acids is 1. The summed E-state index contributed by atoms with van der Waals surface area (Å²) in [5.74, 6) is -2.03. The number of hydrogen-bond donors (Lipinski definition) is 2. The van der Waals surface area contributed by atoms with E-state index in [4.69, 9.17) is 14.8 Å². The van der Waals surface area contributed by atoms with Crippen molar-refractivity contribution in [2.24, 2.45) is 5.72 Å². The maximum Gasteiger partial charge on any atom is 0.320 e. The molecule has 0 saturated heterocycles. The fourth-order valence-corrected chi connectivity index (χ4v) is 0.607. The molecule has 0 heterocycles. The third-order valence-corrected chi connectivity index (χ3v) is 1.10. The van der Waals surface area contributed by atoms with E-state index in [1.807, 2.05) is 0 Å². The first-order chi connectivity index (χ1) is 8.56. The zero-order chi connectivity index (χ0) is 15.0. The first-order valence-electron chi connectivity index (χ1n) is 6.54. The Morgan fingerprint density at radius 3 is 3.50 bits per heavy atom. The highest BCUT2D eigenvalue weighted by molar-refractivity contribution is 5.73. The summed E-state index contributed by atoms with van der Waals surface area (Å²) in [6.45, 7) is 0. The first kappa shape index (κ1) is 3.18. The lowest BCUT2D eigenvalue weighted by Crippen LogP contribution is -2.32. The van der Waals surface area contributed by atoms with Crippen molar-refractivity contribution >= 4 is 5.97 Å². The molecule has 0 saturated carbocycles. The molecule has 0 aromatic heterocycles. The Morgan fingerprint density at radius 1 is 2.00 bits per heavy atom. The van der Waals surface area contributed by atoms with E-state index in [2.05, 4.69) is 0 Å². The van der Waals surface area contributed by atoms with Crippen LogP contribution < -0.4 is 5.72 Å². The highest BCUT2D eigenvalue weighted by Gasteiger charge is 2.10. The van der Waals surface area contributed by atoms with Gasteiger partial charge in [-0.1, -0.05) is 30.3 Å². The Balaban J connectivity index is 3.52. The summed E-state index contributed by atoms with van der Waals surface area (Å²) < 4.78 is 51.9. The van der Waals surface area contributed by atoms with Crippen molar-refractivity contribution in [3.05, 3.63) is 35.8 Å². The van der Waals surface area contributed by atoms with Crippen LogP contribution in [0.2, 0.25) is 2.82 Å². The van der Waals surface area contributed by atoms with Gasteiger partial charge in [0.25, 0.3) is 0 Å². The lowest BCUT2D eigenvalue weighted by atomic mass is 10.1. The molecule has 0 radical (unpaired) electrons. The molecule has 0 fully saturated rings. The summed E-state index contributed by atoms with van der Waals surface area (Å²) in [6.07, 6.45) is -3.02. The van der Waals surface area contributed by atoms with Gasteiger partial charge in [-0.15, -0.1) is 0 Å². The van der Waals surface area contributed by atoms with E-state index in [9.17, 15) is 4.79 Å². The maximum absolute atomic E-state index is 11.1. The zero-order valence-electron chi connectivity index (χ0n) is 13.0. The van der Waals surface area contributed by atoms with Gasteiger partial charge in [-0.05, 0) is 11.9 Å². The third kappa shape index (κ3) is 2.36. The predicted octanol–water partition coefficient (Wildman–Crippen LogP) is 0.641. The molecule has 12 heavy (non-hydrogen) atoms. The van der Waals surface area contributed by atoms with Gasteiger partial charge in [-0.2, -0.15) is 0 Å². The van der Waals surface area contributed by atoms with Gasteiger partial charge in [-0.3, -0.25) is 4.79 Å². The van der Waals surface area contributed by atoms with E-state index >= 15 is 0 Å². The van der Waals surface area contributed by atoms with Gasteiger partial charge in [0.05, 0.1) is 4.11 Å². The number of rotatable bonds is 4. The lowest BCUT2D eigenvalue weighted by Gasteiger charge is -2.04. The molecule has 0 unspecified atom stereocenters. The molecule has 0 spiro atoms. The van der Waals surface area contributed by atoms with Crippen LogP contribution in [-0.4, -0.2) is 17.1 Å². The minimum Gasteiger partial charge on any atom is -0.480 e. The fraction of sp³-hybridized carbons (Fsp3) is 0.222. The Bertz CT molecular complexity index is 507. The molecule has 1 aromatic rings. The smallest absolute Gasteiger partial charge is 0.320 e. The molecule has 3 heteroatoms. The number of hydrogen-bond acceptors (Lipinski definition) is 2. The van der Waals surface area contributed by atoms with Gasteiger partial charge in [0.1, 0.15) is 8.84 Å². The molecule has 0 aliphatic carbocycles. The number of benzene rings is 1. The first-order valence-corrected chi connectivity index (χ1v) is 3.15. The predicted molar refractivity (Wildman–Crippen MR) is 45.8 cm³/mol. The second-order valence-electron chi connectivity index (χ2n) is 1.99. The van der Waals surface area contributed by atoms with Crippen molar-refractivity contribution in [3.8, 4) is 0 Å². The zero-order valence-corrected chi connectivity index (χ0v) is 6.03. The second-order valence-corrected chi connectivity index (χ2v) is 1.99. The van der Waals surface area contributed by atoms with Gasteiger partial charge in [-0.25, -0.2) is 0 Å². The van der Waals surface area contributed by atoms with Crippen molar-refractivity contribution in [3.63, 3.8) is 0 Å². The average Bonchev–Trinajstić information content (AvgIpc) is 2.30. The van der Waals surface area contributed by atoms with Gasteiger partial charge in [0, 0.05) is 2.74 Å². The molecule has 3 nitrogen and oxygen atoms in total. The van der Waals surface area contributed by atoms with Crippen molar-refractivity contribution in [2.45, 2.75) is 12.4 Å². The van der Waals surface area contributed by atoms with E-state index in [1.165, 1.54) is 12.1 Å². The molecule has 1 rings (SSSR count). The molecule has 64 valence electrons. The summed E-state index contributed by atoms with van der Waals surface area (Å²) in [5, 5.41) is 8.94. The van der Waals surface area contributed by atoms with Crippen molar-refractivity contribution in [1.29, 1.82) is 0 Å². The summed E-state index contributed by atoms with van der Waals surface area (Å²) >= 11 is 0. The van der Waals surface area contributed by atoms with E-state index < -0.39 is 35.7 Å². The van der Waals surface area contributed by atoms with Crippen LogP contribution >= 0.6 is 0 Å². The lowest BCUT2D eigenvalue weighted by molar-refractivity contribution is -0.138. The van der Waals surface area contributed by atoms with E-state index in [0.717, 1.165) is 6.07 Å². The molecule has 0 amide bonds. The Morgan fingerprint density at radius 2 is 2.83 bits per heavy atom. The average molecular weight is 172 g/mol. The van der Waals surface area contributed by atoms with E-state index in [-0.39, 0.29) is 6.04 Å². The number of carboxylic acids is 1. The van der Waals surface area contributed by atoms with Gasteiger partial charge in [0.2, 0.25) is 0 Å². The number of nitrogens with two attached hydrogens (primary N) is 1. The summed E-state index contributed by atoms with van der Waals surface area (Å²) in [5.41, 5.74) is -1.09. The minimum atomic E-state index is -3.25. The van der Waals surface area contributed by atoms with Crippen LogP contribution in [0.4, 0.5) is 0 Å². The number of carboxylic acid groups (broad SMARTS) is 1. The summed E-state index contributed by atoms with van der Waals surface area (Å²) in [4.78, 5) is 11.1. The second kappa shape index (κ2) is 3.88. The van der Waals surface area contributed by atoms with Gasteiger partial charge in [0.15, 0.2) is 0 Å². The van der Waals surface area contributed by atoms with Crippen LogP contribution in [-0.2, 0) is 11.2 Å². The van der Waals surface area contributed by atoms with Crippen LogP contribution in [0.1, 0.15) is 12.4 Å². The van der Waals surface area contributed by atoms with Crippen molar-refractivity contribution < 1.29 is 19.6 Å². The van der Waals surface area contributed by atoms with Crippen LogP contribution in [0.3, 0.4) is 0 Å². The molecule has 1 aromatic carbocycles. The van der Waals surface area contributed by atoms with E-state index in [0.29, 0.717) is 0 Å². The Kier molecular flexibility index (Phi) is 1.03. The highest BCUT2D eigenvalue weighted by Crippen LogP contribution is 2.01. The minimum absolute atomic E-state index is 0.337. The van der Waals surface area contributed by atoms with Crippen LogP contribution in [0.25, 0.3) is 0 Å². The molecular formula is C9H11NO2. The van der Waals surface area contributed by atoms with Crippen molar-refractivity contribution in [1.82, 2.24) is 0 Å². The van der Waals surface area contributed by atoms with Crippen molar-refractivity contribution in [2.75, 3.05) is 0 Å². The molecule has 0 bridgehead atoms. The molecular weight excluding hydrogens is 154 g/mol. The third-order valence-electron chi connectivity index (χ3n) is 1.10. The molecule has 0 aliphatic heterocycles. The quantitative estimate of drug-likeness (QED) is 0.700. The largest absolute Gasteiger partial charge is 0.480 e. The monoisotopic (exact) mass is 172 g/mol. The molecule has 0 aliphatic rings. The maximum atomic E-state index is 11.1. The SMILES string of the molecule is [2H]c1cccc(C([2H])([2H])[C@@]([2H])(C(=O)O)N([2H])[2H])c1[2H]. The van der Waals surface area contributed by atoms with Crippen LogP contribution in [0.15, 0.2) is 30.3 Å². The van der Waals surface area contributed by atoms with Gasteiger partial charge >= 0.3 is 5.97 Å². The molecule has 1 atom stereocenters.